The fraction of sp³-hybridized carbons (Fsp3) is 0. The summed E-state index contributed by atoms with van der Waals surface area (Å²) < 4.78 is 40.0. The minimum absolute atomic E-state index is 0.0709. The fourth-order valence-corrected chi connectivity index (χ4v) is 1.57. The van der Waals surface area contributed by atoms with Gasteiger partial charge in [-0.2, -0.15) is 8.78 Å². The molecule has 1 aromatic carbocycles. The molecule has 0 fully saturated rings. The van der Waals surface area contributed by atoms with Crippen LogP contribution in [0.4, 0.5) is 18.9 Å². The molecule has 2 rings (SSSR count). The monoisotopic (exact) mass is 303 g/mol. The molecule has 0 radical (unpaired) electrons. The Hall–Kier alpha value is -3.11. The molecular formula is C10H4F3N3O5. The van der Waals surface area contributed by atoms with Crippen molar-refractivity contribution in [1.82, 2.24) is 9.55 Å². The first-order valence-electron chi connectivity index (χ1n) is 5.11. The number of aromatic amines is 1. The molecule has 1 heterocycles. The van der Waals surface area contributed by atoms with Crippen molar-refractivity contribution in [1.29, 1.82) is 0 Å². The van der Waals surface area contributed by atoms with Crippen LogP contribution in [0, 0.1) is 27.6 Å². The van der Waals surface area contributed by atoms with Crippen LogP contribution in [-0.2, 0) is 0 Å². The first-order chi connectivity index (χ1) is 9.73. The number of rotatable bonds is 2. The van der Waals surface area contributed by atoms with Crippen molar-refractivity contribution in [3.8, 4) is 11.6 Å². The number of nitro benzene ring substituents is 1. The highest BCUT2D eigenvalue weighted by Gasteiger charge is 2.23. The second-order valence-electron chi connectivity index (χ2n) is 3.74. The van der Waals surface area contributed by atoms with Crippen LogP contribution in [0.1, 0.15) is 0 Å². The van der Waals surface area contributed by atoms with Crippen molar-refractivity contribution in [2.45, 2.75) is 0 Å². The molecule has 0 bridgehead atoms. The summed E-state index contributed by atoms with van der Waals surface area (Å²) in [5.74, 6) is -6.38. The Balaban J connectivity index is 2.89. The summed E-state index contributed by atoms with van der Waals surface area (Å²) in [6.07, 6.45) is 0. The number of H-pyrrole nitrogens is 1. The maximum Gasteiger partial charge on any atom is 0.336 e. The predicted molar refractivity (Wildman–Crippen MR) is 60.9 cm³/mol. The van der Waals surface area contributed by atoms with Crippen LogP contribution in [-0.4, -0.2) is 19.6 Å². The van der Waals surface area contributed by atoms with Crippen molar-refractivity contribution in [3.63, 3.8) is 0 Å². The standard InChI is InChI=1S/C10H4F3N3O5/c11-3-1-4(12)6(16(20)21)2-5(3)15-9(18)7(13)8(17)14-10(15)19/h1-2,18H,(H,14,17,19). The van der Waals surface area contributed by atoms with E-state index >= 15 is 0 Å². The largest absolute Gasteiger partial charge is 0.492 e. The molecule has 0 saturated carbocycles. The van der Waals surface area contributed by atoms with E-state index in [2.05, 4.69) is 0 Å². The summed E-state index contributed by atoms with van der Waals surface area (Å²) in [5, 5.41) is 19.9. The van der Waals surface area contributed by atoms with E-state index in [1.165, 1.54) is 4.98 Å². The summed E-state index contributed by atoms with van der Waals surface area (Å²) in [4.78, 5) is 33.2. The third-order valence-electron chi connectivity index (χ3n) is 2.48. The van der Waals surface area contributed by atoms with Crippen LogP contribution < -0.4 is 11.2 Å². The zero-order chi connectivity index (χ0) is 15.9. The van der Waals surface area contributed by atoms with Gasteiger partial charge in [0.05, 0.1) is 10.6 Å². The molecule has 2 aromatic rings. The Bertz CT molecular complexity index is 873. The molecule has 0 amide bonds. The molecule has 2 N–H and O–H groups in total. The maximum atomic E-state index is 13.6. The molecule has 0 aliphatic heterocycles. The third-order valence-corrected chi connectivity index (χ3v) is 2.48. The van der Waals surface area contributed by atoms with Gasteiger partial charge in [-0.05, 0) is 0 Å². The lowest BCUT2D eigenvalue weighted by Crippen LogP contribution is -2.31. The van der Waals surface area contributed by atoms with Gasteiger partial charge in [-0.1, -0.05) is 0 Å². The van der Waals surface area contributed by atoms with E-state index in [1.54, 1.807) is 0 Å². The molecule has 8 nitrogen and oxygen atoms in total. The molecule has 21 heavy (non-hydrogen) atoms. The van der Waals surface area contributed by atoms with E-state index in [1.807, 2.05) is 0 Å². The van der Waals surface area contributed by atoms with Crippen LogP contribution in [0.5, 0.6) is 5.88 Å². The molecule has 0 unspecified atom stereocenters. The van der Waals surface area contributed by atoms with Crippen molar-refractivity contribution >= 4 is 5.69 Å². The van der Waals surface area contributed by atoms with Crippen LogP contribution in [0.25, 0.3) is 5.69 Å². The van der Waals surface area contributed by atoms with Crippen LogP contribution in [0.3, 0.4) is 0 Å². The summed E-state index contributed by atoms with van der Waals surface area (Å²) in [5.41, 5.74) is -5.23. The molecule has 0 aliphatic rings. The Morgan fingerprint density at radius 2 is 1.81 bits per heavy atom. The van der Waals surface area contributed by atoms with Gasteiger partial charge in [0.25, 0.3) is 5.56 Å². The van der Waals surface area contributed by atoms with Crippen molar-refractivity contribution in [3.05, 3.63) is 60.5 Å². The number of aromatic nitrogens is 2. The number of aromatic hydroxyl groups is 1. The van der Waals surface area contributed by atoms with Gasteiger partial charge in [0, 0.05) is 12.1 Å². The van der Waals surface area contributed by atoms with E-state index in [0.29, 0.717) is 0 Å². The SMILES string of the molecule is O=c1[nH]c(=O)n(-c2cc([N+](=O)[O-])c(F)cc2F)c(O)c1F. The average molecular weight is 303 g/mol. The zero-order valence-electron chi connectivity index (χ0n) is 9.76. The highest BCUT2D eigenvalue weighted by atomic mass is 19.1. The van der Waals surface area contributed by atoms with Crippen molar-refractivity contribution < 1.29 is 23.2 Å². The first kappa shape index (κ1) is 14.3. The number of halogens is 3. The summed E-state index contributed by atoms with van der Waals surface area (Å²) >= 11 is 0. The van der Waals surface area contributed by atoms with Crippen LogP contribution in [0.15, 0.2) is 21.7 Å². The number of nitrogens with zero attached hydrogens (tertiary/aromatic N) is 2. The topological polar surface area (TPSA) is 118 Å². The Labute approximate surface area is 111 Å². The summed E-state index contributed by atoms with van der Waals surface area (Å²) in [7, 11) is 0. The van der Waals surface area contributed by atoms with Crippen LogP contribution >= 0.6 is 0 Å². The summed E-state index contributed by atoms with van der Waals surface area (Å²) in [6.45, 7) is 0. The van der Waals surface area contributed by atoms with Gasteiger partial charge in [0.2, 0.25) is 17.5 Å². The molecule has 110 valence electrons. The minimum Gasteiger partial charge on any atom is -0.492 e. The molecule has 0 spiro atoms. The quantitative estimate of drug-likeness (QED) is 0.620. The predicted octanol–water partition coefficient (Wildman–Crippen LogP) is 0.557. The van der Waals surface area contributed by atoms with E-state index < -0.39 is 50.9 Å². The average Bonchev–Trinajstić information content (AvgIpc) is 2.38. The molecule has 1 aromatic heterocycles. The lowest BCUT2D eigenvalue weighted by Gasteiger charge is -2.09. The fourth-order valence-electron chi connectivity index (χ4n) is 1.57. The summed E-state index contributed by atoms with van der Waals surface area (Å²) in [6, 6.07) is 0.367. The van der Waals surface area contributed by atoms with Gasteiger partial charge in [-0.25, -0.2) is 13.8 Å². The number of hydrogen-bond acceptors (Lipinski definition) is 5. The molecule has 11 heteroatoms. The van der Waals surface area contributed by atoms with Gasteiger partial charge < -0.3 is 5.11 Å². The lowest BCUT2D eigenvalue weighted by atomic mass is 10.2. The van der Waals surface area contributed by atoms with Gasteiger partial charge in [0.1, 0.15) is 0 Å². The number of nitro groups is 1. The van der Waals surface area contributed by atoms with Gasteiger partial charge >= 0.3 is 11.4 Å². The lowest BCUT2D eigenvalue weighted by molar-refractivity contribution is -0.387. The van der Waals surface area contributed by atoms with Crippen LogP contribution in [0.2, 0.25) is 0 Å². The zero-order valence-corrected chi connectivity index (χ0v) is 9.76. The molecular weight excluding hydrogens is 299 g/mol. The molecule has 0 saturated heterocycles. The normalized spacial score (nSPS) is 10.6. The second kappa shape index (κ2) is 4.77. The minimum atomic E-state index is -1.80. The molecule has 0 atom stereocenters. The molecule has 0 aliphatic carbocycles. The van der Waals surface area contributed by atoms with Crippen molar-refractivity contribution in [2.75, 3.05) is 0 Å². The number of hydrogen-bond donors (Lipinski definition) is 2. The van der Waals surface area contributed by atoms with E-state index in [4.69, 9.17) is 0 Å². The van der Waals surface area contributed by atoms with E-state index in [9.17, 15) is 38.0 Å². The van der Waals surface area contributed by atoms with Gasteiger partial charge in [-0.3, -0.25) is 19.9 Å². The number of nitrogens with one attached hydrogen (secondary N) is 1. The highest BCUT2D eigenvalue weighted by molar-refractivity contribution is 5.47. The van der Waals surface area contributed by atoms with Gasteiger partial charge in [-0.15, -0.1) is 0 Å². The Kier molecular flexibility index (Phi) is 3.25. The highest BCUT2D eigenvalue weighted by Crippen LogP contribution is 2.25. The Morgan fingerprint density at radius 3 is 2.38 bits per heavy atom. The first-order valence-corrected chi connectivity index (χ1v) is 5.11. The number of benzene rings is 1. The maximum absolute atomic E-state index is 13.6. The van der Waals surface area contributed by atoms with E-state index in [0.717, 1.165) is 0 Å². The van der Waals surface area contributed by atoms with Crippen molar-refractivity contribution in [2.24, 2.45) is 0 Å². The third kappa shape index (κ3) is 2.24. The Morgan fingerprint density at radius 1 is 1.19 bits per heavy atom. The van der Waals surface area contributed by atoms with Gasteiger partial charge in [0.15, 0.2) is 5.82 Å². The second-order valence-corrected chi connectivity index (χ2v) is 3.74. The smallest absolute Gasteiger partial charge is 0.336 e. The van der Waals surface area contributed by atoms with E-state index in [-0.39, 0.29) is 16.7 Å².